The fourth-order valence-corrected chi connectivity index (χ4v) is 1.53. The highest BCUT2D eigenvalue weighted by Gasteiger charge is 2.05. The minimum atomic E-state index is -0.323. The van der Waals surface area contributed by atoms with Crippen LogP contribution in [0.4, 0.5) is 0 Å². The molecule has 1 N–H and O–H groups in total. The number of hydrogen-bond donors (Lipinski definition) is 1. The highest BCUT2D eigenvalue weighted by molar-refractivity contribution is 9.10. The van der Waals surface area contributed by atoms with E-state index in [2.05, 4.69) is 21.2 Å². The van der Waals surface area contributed by atoms with E-state index in [0.29, 0.717) is 12.4 Å². The molecular formula is C13H16BrNO4. The lowest BCUT2D eigenvalue weighted by molar-refractivity contribution is -0.143. The van der Waals surface area contributed by atoms with Gasteiger partial charge >= 0.3 is 5.97 Å². The van der Waals surface area contributed by atoms with Gasteiger partial charge in [0.05, 0.1) is 13.0 Å². The normalized spacial score (nSPS) is 9.79. The van der Waals surface area contributed by atoms with Crippen molar-refractivity contribution in [3.63, 3.8) is 0 Å². The van der Waals surface area contributed by atoms with Crippen molar-refractivity contribution in [2.75, 3.05) is 19.8 Å². The van der Waals surface area contributed by atoms with Crippen LogP contribution in [0.3, 0.4) is 0 Å². The molecule has 0 spiro atoms. The van der Waals surface area contributed by atoms with Crippen LogP contribution in [-0.4, -0.2) is 31.6 Å². The minimum Gasteiger partial charge on any atom is -0.484 e. The molecule has 0 saturated carbocycles. The zero-order chi connectivity index (χ0) is 14.1. The van der Waals surface area contributed by atoms with Crippen molar-refractivity contribution < 1.29 is 19.1 Å². The van der Waals surface area contributed by atoms with Gasteiger partial charge < -0.3 is 14.8 Å². The van der Waals surface area contributed by atoms with E-state index in [9.17, 15) is 9.59 Å². The topological polar surface area (TPSA) is 64.6 Å². The van der Waals surface area contributed by atoms with Crippen LogP contribution in [0, 0.1) is 0 Å². The Balaban J connectivity index is 2.17. The lowest BCUT2D eigenvalue weighted by Gasteiger charge is -2.07. The molecule has 1 rings (SSSR count). The number of carbonyl (C=O) groups excluding carboxylic acids is 2. The standard InChI is InChI=1S/C13H16BrNO4/c1-2-18-13(17)7-8-15-12(16)9-19-11-5-3-10(14)4-6-11/h3-6H,2,7-9H2,1H3,(H,15,16). The lowest BCUT2D eigenvalue weighted by Crippen LogP contribution is -2.31. The average Bonchev–Trinajstić information content (AvgIpc) is 2.38. The first kappa shape index (κ1) is 15.5. The van der Waals surface area contributed by atoms with E-state index in [1.165, 1.54) is 0 Å². The Morgan fingerprint density at radius 1 is 1.26 bits per heavy atom. The van der Waals surface area contributed by atoms with Gasteiger partial charge in [0.1, 0.15) is 5.75 Å². The third-order valence-corrected chi connectivity index (χ3v) is 2.67. The summed E-state index contributed by atoms with van der Waals surface area (Å²) in [7, 11) is 0. The number of esters is 1. The first-order chi connectivity index (χ1) is 9.11. The smallest absolute Gasteiger partial charge is 0.307 e. The molecule has 0 radical (unpaired) electrons. The van der Waals surface area contributed by atoms with E-state index in [1.807, 2.05) is 12.1 Å². The Bertz CT molecular complexity index is 419. The number of benzene rings is 1. The van der Waals surface area contributed by atoms with Crippen molar-refractivity contribution in [3.8, 4) is 5.75 Å². The summed E-state index contributed by atoms with van der Waals surface area (Å²) >= 11 is 3.31. The van der Waals surface area contributed by atoms with Gasteiger partial charge in [-0.15, -0.1) is 0 Å². The fraction of sp³-hybridized carbons (Fsp3) is 0.385. The summed E-state index contributed by atoms with van der Waals surface area (Å²) in [5, 5.41) is 2.58. The van der Waals surface area contributed by atoms with Gasteiger partial charge in [-0.05, 0) is 31.2 Å². The van der Waals surface area contributed by atoms with Gasteiger partial charge in [0.15, 0.2) is 6.61 Å². The highest BCUT2D eigenvalue weighted by Crippen LogP contribution is 2.15. The zero-order valence-electron chi connectivity index (χ0n) is 10.6. The summed E-state index contributed by atoms with van der Waals surface area (Å²) in [6.45, 7) is 2.26. The number of hydrogen-bond acceptors (Lipinski definition) is 4. The summed E-state index contributed by atoms with van der Waals surface area (Å²) in [5.74, 6) is 0.0209. The van der Waals surface area contributed by atoms with Crippen LogP contribution in [0.15, 0.2) is 28.7 Å². The van der Waals surface area contributed by atoms with E-state index >= 15 is 0 Å². The first-order valence-corrected chi connectivity index (χ1v) is 6.71. The second-order valence-corrected chi connectivity index (χ2v) is 4.56. The molecule has 1 aromatic rings. The van der Waals surface area contributed by atoms with Crippen molar-refractivity contribution in [1.82, 2.24) is 5.32 Å². The van der Waals surface area contributed by atoms with Gasteiger partial charge in [0.2, 0.25) is 0 Å². The number of ether oxygens (including phenoxy) is 2. The maximum atomic E-state index is 11.4. The van der Waals surface area contributed by atoms with Crippen molar-refractivity contribution in [3.05, 3.63) is 28.7 Å². The molecule has 19 heavy (non-hydrogen) atoms. The Labute approximate surface area is 120 Å². The Hall–Kier alpha value is -1.56. The Morgan fingerprint density at radius 3 is 2.58 bits per heavy atom. The Kier molecular flexibility index (Phi) is 6.95. The van der Waals surface area contributed by atoms with Crippen molar-refractivity contribution >= 4 is 27.8 Å². The van der Waals surface area contributed by atoms with E-state index in [4.69, 9.17) is 9.47 Å². The predicted molar refractivity (Wildman–Crippen MR) is 73.9 cm³/mol. The van der Waals surface area contributed by atoms with Crippen LogP contribution in [0.25, 0.3) is 0 Å². The minimum absolute atomic E-state index is 0.0789. The molecule has 0 aliphatic carbocycles. The second kappa shape index (κ2) is 8.53. The van der Waals surface area contributed by atoms with Gasteiger partial charge in [0, 0.05) is 11.0 Å². The van der Waals surface area contributed by atoms with Crippen molar-refractivity contribution in [2.24, 2.45) is 0 Å². The van der Waals surface area contributed by atoms with E-state index in [1.54, 1.807) is 19.1 Å². The summed E-state index contributed by atoms with van der Waals surface area (Å²) in [6, 6.07) is 7.17. The maximum absolute atomic E-state index is 11.4. The lowest BCUT2D eigenvalue weighted by atomic mass is 10.3. The monoisotopic (exact) mass is 329 g/mol. The number of carbonyl (C=O) groups is 2. The zero-order valence-corrected chi connectivity index (χ0v) is 12.2. The van der Waals surface area contributed by atoms with E-state index in [0.717, 1.165) is 4.47 Å². The first-order valence-electron chi connectivity index (χ1n) is 5.92. The van der Waals surface area contributed by atoms with Crippen LogP contribution >= 0.6 is 15.9 Å². The van der Waals surface area contributed by atoms with Crippen LogP contribution < -0.4 is 10.1 Å². The number of rotatable bonds is 7. The molecule has 104 valence electrons. The SMILES string of the molecule is CCOC(=O)CCNC(=O)COc1ccc(Br)cc1. The molecule has 1 amide bonds. The molecule has 0 fully saturated rings. The fourth-order valence-electron chi connectivity index (χ4n) is 1.27. The molecule has 6 heteroatoms. The molecule has 0 heterocycles. The molecule has 1 aromatic carbocycles. The number of halogens is 1. The molecule has 0 aliphatic rings. The summed E-state index contributed by atoms with van der Waals surface area (Å²) in [6.07, 6.45) is 0.165. The summed E-state index contributed by atoms with van der Waals surface area (Å²) < 4.78 is 11.0. The van der Waals surface area contributed by atoms with Gasteiger partial charge in [-0.1, -0.05) is 15.9 Å². The molecule has 0 unspecified atom stereocenters. The number of nitrogens with one attached hydrogen (secondary N) is 1. The van der Waals surface area contributed by atoms with E-state index in [-0.39, 0.29) is 31.4 Å². The van der Waals surface area contributed by atoms with Crippen molar-refractivity contribution in [1.29, 1.82) is 0 Å². The quantitative estimate of drug-likeness (QED) is 0.776. The molecule has 0 aromatic heterocycles. The maximum Gasteiger partial charge on any atom is 0.307 e. The molecule has 0 atom stereocenters. The van der Waals surface area contributed by atoms with Gasteiger partial charge in [-0.3, -0.25) is 9.59 Å². The average molecular weight is 330 g/mol. The third kappa shape index (κ3) is 6.81. The van der Waals surface area contributed by atoms with Crippen LogP contribution in [0.1, 0.15) is 13.3 Å². The molecule has 0 bridgehead atoms. The third-order valence-electron chi connectivity index (χ3n) is 2.14. The predicted octanol–water partition coefficient (Wildman–Crippen LogP) is 1.90. The van der Waals surface area contributed by atoms with Crippen LogP contribution in [-0.2, 0) is 14.3 Å². The van der Waals surface area contributed by atoms with Crippen LogP contribution in [0.5, 0.6) is 5.75 Å². The van der Waals surface area contributed by atoms with Gasteiger partial charge in [-0.2, -0.15) is 0 Å². The van der Waals surface area contributed by atoms with Crippen molar-refractivity contribution in [2.45, 2.75) is 13.3 Å². The molecule has 5 nitrogen and oxygen atoms in total. The Morgan fingerprint density at radius 2 is 1.95 bits per heavy atom. The number of amides is 1. The van der Waals surface area contributed by atoms with E-state index < -0.39 is 0 Å². The van der Waals surface area contributed by atoms with Gasteiger partial charge in [0.25, 0.3) is 5.91 Å². The molecule has 0 saturated heterocycles. The largest absolute Gasteiger partial charge is 0.484 e. The molecular weight excluding hydrogens is 314 g/mol. The second-order valence-electron chi connectivity index (χ2n) is 3.65. The van der Waals surface area contributed by atoms with Gasteiger partial charge in [-0.25, -0.2) is 0 Å². The summed E-state index contributed by atoms with van der Waals surface area (Å²) in [4.78, 5) is 22.5. The summed E-state index contributed by atoms with van der Waals surface area (Å²) in [5.41, 5.74) is 0. The molecule has 0 aliphatic heterocycles. The highest BCUT2D eigenvalue weighted by atomic mass is 79.9. The van der Waals surface area contributed by atoms with Crippen LogP contribution in [0.2, 0.25) is 0 Å².